The van der Waals surface area contributed by atoms with Gasteiger partial charge in [-0.15, -0.1) is 0 Å². The maximum Gasteiger partial charge on any atom is 0.320 e. The molecular formula is C11H19N3O2. The number of carboxylic acid groups (broad SMARTS) is 1. The standard InChI is InChI=1S/C11H19N3O2/c1-3-4-10(11(15)16)12-5-6-14-8-9(2)7-13-14/h7-8,10,12H,3-6H2,1-2H3,(H,15,16). The van der Waals surface area contributed by atoms with Gasteiger partial charge in [0.25, 0.3) is 0 Å². The fourth-order valence-corrected chi connectivity index (χ4v) is 1.54. The molecule has 2 N–H and O–H groups in total. The first-order valence-corrected chi connectivity index (χ1v) is 5.58. The minimum Gasteiger partial charge on any atom is -0.480 e. The third-order valence-corrected chi connectivity index (χ3v) is 2.37. The quantitative estimate of drug-likeness (QED) is 0.727. The van der Waals surface area contributed by atoms with Crippen LogP contribution >= 0.6 is 0 Å². The van der Waals surface area contributed by atoms with Crippen LogP contribution in [0.15, 0.2) is 12.4 Å². The zero-order valence-corrected chi connectivity index (χ0v) is 9.81. The zero-order valence-electron chi connectivity index (χ0n) is 9.81. The Morgan fingerprint density at radius 1 is 1.69 bits per heavy atom. The Morgan fingerprint density at radius 2 is 2.44 bits per heavy atom. The van der Waals surface area contributed by atoms with Crippen molar-refractivity contribution >= 4 is 5.97 Å². The SMILES string of the molecule is CCCC(NCCn1cc(C)cn1)C(=O)O. The molecule has 0 aromatic carbocycles. The van der Waals surface area contributed by atoms with Crippen LogP contribution in [-0.4, -0.2) is 33.4 Å². The number of nitrogens with one attached hydrogen (secondary N) is 1. The van der Waals surface area contributed by atoms with Crippen molar-refractivity contribution in [3.63, 3.8) is 0 Å². The number of carbonyl (C=O) groups is 1. The number of hydrogen-bond donors (Lipinski definition) is 2. The molecule has 1 aromatic rings. The summed E-state index contributed by atoms with van der Waals surface area (Å²) in [5.41, 5.74) is 1.11. The van der Waals surface area contributed by atoms with Crippen molar-refractivity contribution in [3.8, 4) is 0 Å². The fourth-order valence-electron chi connectivity index (χ4n) is 1.54. The molecule has 1 unspecified atom stereocenters. The van der Waals surface area contributed by atoms with Crippen LogP contribution < -0.4 is 5.32 Å². The van der Waals surface area contributed by atoms with E-state index in [9.17, 15) is 4.79 Å². The highest BCUT2D eigenvalue weighted by atomic mass is 16.4. The Kier molecular flexibility index (Phi) is 4.98. The van der Waals surface area contributed by atoms with Crippen LogP contribution in [0, 0.1) is 6.92 Å². The molecule has 0 radical (unpaired) electrons. The first-order valence-electron chi connectivity index (χ1n) is 5.58. The molecule has 0 aliphatic carbocycles. The molecule has 0 saturated carbocycles. The maximum absolute atomic E-state index is 10.9. The van der Waals surface area contributed by atoms with E-state index in [1.807, 2.05) is 24.7 Å². The number of hydrogen-bond acceptors (Lipinski definition) is 3. The molecule has 16 heavy (non-hydrogen) atoms. The van der Waals surface area contributed by atoms with Crippen LogP contribution in [0.1, 0.15) is 25.3 Å². The van der Waals surface area contributed by atoms with Crippen molar-refractivity contribution in [3.05, 3.63) is 18.0 Å². The summed E-state index contributed by atoms with van der Waals surface area (Å²) in [6.07, 6.45) is 5.26. The highest BCUT2D eigenvalue weighted by molar-refractivity contribution is 5.73. The molecule has 1 rings (SSSR count). The molecule has 0 spiro atoms. The lowest BCUT2D eigenvalue weighted by atomic mass is 10.2. The van der Waals surface area contributed by atoms with Crippen LogP contribution in [0.4, 0.5) is 0 Å². The van der Waals surface area contributed by atoms with E-state index in [1.165, 1.54) is 0 Å². The number of nitrogens with zero attached hydrogens (tertiary/aromatic N) is 2. The minimum absolute atomic E-state index is 0.443. The third-order valence-electron chi connectivity index (χ3n) is 2.37. The van der Waals surface area contributed by atoms with Crippen LogP contribution in [0.3, 0.4) is 0 Å². The van der Waals surface area contributed by atoms with Crippen LogP contribution in [0.2, 0.25) is 0 Å². The summed E-state index contributed by atoms with van der Waals surface area (Å²) < 4.78 is 1.81. The summed E-state index contributed by atoms with van der Waals surface area (Å²) in [7, 11) is 0. The Labute approximate surface area is 95.5 Å². The molecular weight excluding hydrogens is 206 g/mol. The van der Waals surface area contributed by atoms with Gasteiger partial charge in [0.2, 0.25) is 0 Å². The van der Waals surface area contributed by atoms with Crippen LogP contribution in [-0.2, 0) is 11.3 Å². The number of aliphatic carboxylic acids is 1. The predicted octanol–water partition coefficient (Wildman–Crippen LogP) is 1.03. The van der Waals surface area contributed by atoms with E-state index in [-0.39, 0.29) is 0 Å². The van der Waals surface area contributed by atoms with Gasteiger partial charge in [-0.25, -0.2) is 0 Å². The topological polar surface area (TPSA) is 67.2 Å². The molecule has 0 bridgehead atoms. The van der Waals surface area contributed by atoms with Gasteiger partial charge in [-0.3, -0.25) is 9.48 Å². The Balaban J connectivity index is 2.30. The van der Waals surface area contributed by atoms with Gasteiger partial charge in [-0.05, 0) is 18.9 Å². The smallest absolute Gasteiger partial charge is 0.320 e. The van der Waals surface area contributed by atoms with E-state index in [2.05, 4.69) is 10.4 Å². The highest BCUT2D eigenvalue weighted by Gasteiger charge is 2.14. The van der Waals surface area contributed by atoms with Crippen molar-refractivity contribution in [2.75, 3.05) is 6.54 Å². The van der Waals surface area contributed by atoms with Gasteiger partial charge in [0, 0.05) is 12.7 Å². The molecule has 1 aromatic heterocycles. The van der Waals surface area contributed by atoms with Crippen molar-refractivity contribution in [1.29, 1.82) is 0 Å². The second-order valence-electron chi connectivity index (χ2n) is 3.91. The van der Waals surface area contributed by atoms with Crippen molar-refractivity contribution < 1.29 is 9.90 Å². The van der Waals surface area contributed by atoms with Crippen molar-refractivity contribution in [2.45, 2.75) is 39.3 Å². The first-order chi connectivity index (χ1) is 7.63. The number of carboxylic acids is 1. The largest absolute Gasteiger partial charge is 0.480 e. The third kappa shape index (κ3) is 4.02. The average molecular weight is 225 g/mol. The van der Waals surface area contributed by atoms with E-state index < -0.39 is 12.0 Å². The monoisotopic (exact) mass is 225 g/mol. The zero-order chi connectivity index (χ0) is 12.0. The summed E-state index contributed by atoms with van der Waals surface area (Å²) >= 11 is 0. The average Bonchev–Trinajstić information content (AvgIpc) is 2.63. The predicted molar refractivity (Wildman–Crippen MR) is 61.3 cm³/mol. The summed E-state index contributed by atoms with van der Waals surface area (Å²) in [6, 6.07) is -0.443. The summed E-state index contributed by atoms with van der Waals surface area (Å²) in [5.74, 6) is -0.779. The number of aryl methyl sites for hydroxylation is 1. The van der Waals surface area contributed by atoms with E-state index >= 15 is 0 Å². The lowest BCUT2D eigenvalue weighted by molar-refractivity contribution is -0.139. The maximum atomic E-state index is 10.9. The second kappa shape index (κ2) is 6.27. The van der Waals surface area contributed by atoms with E-state index in [0.29, 0.717) is 19.5 Å². The lowest BCUT2D eigenvalue weighted by Crippen LogP contribution is -2.38. The molecule has 5 nitrogen and oxygen atoms in total. The molecule has 0 aliphatic rings. The van der Waals surface area contributed by atoms with Crippen LogP contribution in [0.25, 0.3) is 0 Å². The molecule has 0 fully saturated rings. The van der Waals surface area contributed by atoms with Gasteiger partial charge in [-0.2, -0.15) is 5.10 Å². The lowest BCUT2D eigenvalue weighted by Gasteiger charge is -2.13. The first kappa shape index (κ1) is 12.7. The van der Waals surface area contributed by atoms with Gasteiger partial charge in [0.05, 0.1) is 12.7 Å². The summed E-state index contributed by atoms with van der Waals surface area (Å²) in [6.45, 7) is 5.28. The minimum atomic E-state index is -0.779. The van der Waals surface area contributed by atoms with Gasteiger partial charge < -0.3 is 10.4 Å². The second-order valence-corrected chi connectivity index (χ2v) is 3.91. The van der Waals surface area contributed by atoms with Crippen molar-refractivity contribution in [2.24, 2.45) is 0 Å². The number of aromatic nitrogens is 2. The molecule has 5 heteroatoms. The fraction of sp³-hybridized carbons (Fsp3) is 0.636. The highest BCUT2D eigenvalue weighted by Crippen LogP contribution is 1.97. The Hall–Kier alpha value is -1.36. The molecule has 1 heterocycles. The van der Waals surface area contributed by atoms with Gasteiger partial charge in [0.1, 0.15) is 6.04 Å². The Morgan fingerprint density at radius 3 is 2.94 bits per heavy atom. The van der Waals surface area contributed by atoms with Crippen LogP contribution in [0.5, 0.6) is 0 Å². The molecule has 0 saturated heterocycles. The van der Waals surface area contributed by atoms with Gasteiger partial charge >= 0.3 is 5.97 Å². The van der Waals surface area contributed by atoms with Crippen molar-refractivity contribution in [1.82, 2.24) is 15.1 Å². The van der Waals surface area contributed by atoms with E-state index in [1.54, 1.807) is 6.20 Å². The van der Waals surface area contributed by atoms with E-state index in [4.69, 9.17) is 5.11 Å². The Bertz CT molecular complexity index is 336. The molecule has 0 amide bonds. The molecule has 1 atom stereocenters. The van der Waals surface area contributed by atoms with E-state index in [0.717, 1.165) is 12.0 Å². The molecule has 0 aliphatic heterocycles. The normalized spacial score (nSPS) is 12.6. The number of rotatable bonds is 7. The summed E-state index contributed by atoms with van der Waals surface area (Å²) in [5, 5.41) is 16.1. The summed E-state index contributed by atoms with van der Waals surface area (Å²) in [4.78, 5) is 10.9. The van der Waals surface area contributed by atoms with Gasteiger partial charge in [0.15, 0.2) is 0 Å². The van der Waals surface area contributed by atoms with Gasteiger partial charge in [-0.1, -0.05) is 13.3 Å². The molecule has 90 valence electrons.